The quantitative estimate of drug-likeness (QED) is 0.917. The lowest BCUT2D eigenvalue weighted by atomic mass is 9.78. The Bertz CT molecular complexity index is 543. The molecule has 2 unspecified atom stereocenters. The van der Waals surface area contributed by atoms with Crippen LogP contribution in [0.3, 0.4) is 0 Å². The zero-order valence-corrected chi connectivity index (χ0v) is 12.0. The average molecular weight is 271 g/mol. The predicted molar refractivity (Wildman–Crippen MR) is 79.3 cm³/mol. The highest BCUT2D eigenvalue weighted by molar-refractivity contribution is 5.61. The van der Waals surface area contributed by atoms with E-state index in [4.69, 9.17) is 4.42 Å². The lowest BCUT2D eigenvalue weighted by molar-refractivity contribution is 0.268. The third kappa shape index (κ3) is 2.69. The van der Waals surface area contributed by atoms with E-state index in [2.05, 4.69) is 41.5 Å². The van der Waals surface area contributed by atoms with Crippen molar-refractivity contribution in [3.63, 3.8) is 0 Å². The van der Waals surface area contributed by atoms with Crippen molar-refractivity contribution in [1.82, 2.24) is 10.2 Å². The van der Waals surface area contributed by atoms with E-state index in [0.717, 1.165) is 11.3 Å². The molecule has 1 N–H and O–H groups in total. The summed E-state index contributed by atoms with van der Waals surface area (Å²) in [6.07, 6.45) is 5.33. The summed E-state index contributed by atoms with van der Waals surface area (Å²) >= 11 is 0. The van der Waals surface area contributed by atoms with Crippen LogP contribution in [0.4, 0.5) is 5.69 Å². The van der Waals surface area contributed by atoms with Gasteiger partial charge in [-0.25, -0.2) is 0 Å². The maximum absolute atomic E-state index is 5.26. The summed E-state index contributed by atoms with van der Waals surface area (Å²) < 4.78 is 5.26. The van der Waals surface area contributed by atoms with Crippen LogP contribution in [0, 0.1) is 11.8 Å². The zero-order valence-electron chi connectivity index (χ0n) is 12.0. The van der Waals surface area contributed by atoms with Crippen molar-refractivity contribution in [2.45, 2.75) is 39.2 Å². The molecule has 2 atom stereocenters. The average Bonchev–Trinajstić information content (AvgIpc) is 2.98. The first-order valence-corrected chi connectivity index (χ1v) is 7.37. The van der Waals surface area contributed by atoms with Gasteiger partial charge >= 0.3 is 0 Å². The summed E-state index contributed by atoms with van der Waals surface area (Å²) in [4.78, 5) is 0. The molecule has 0 saturated heterocycles. The molecule has 0 spiro atoms. The van der Waals surface area contributed by atoms with Gasteiger partial charge in [0.2, 0.25) is 12.3 Å². The number of rotatable bonds is 3. The summed E-state index contributed by atoms with van der Waals surface area (Å²) in [5.41, 5.74) is 2.09. The number of nitrogens with zero attached hydrogens (tertiary/aromatic N) is 2. The molecule has 0 bridgehead atoms. The monoisotopic (exact) mass is 271 g/mol. The summed E-state index contributed by atoms with van der Waals surface area (Å²) in [6, 6.07) is 8.75. The van der Waals surface area contributed by atoms with Crippen molar-refractivity contribution in [2.75, 3.05) is 5.32 Å². The van der Waals surface area contributed by atoms with Crippen molar-refractivity contribution in [2.24, 2.45) is 11.8 Å². The molecule has 1 aromatic carbocycles. The first kappa shape index (κ1) is 13.2. The van der Waals surface area contributed by atoms with Crippen LogP contribution in [0.2, 0.25) is 0 Å². The van der Waals surface area contributed by atoms with E-state index in [0.29, 0.717) is 23.8 Å². The second-order valence-electron chi connectivity index (χ2n) is 5.88. The minimum absolute atomic E-state index is 0.543. The topological polar surface area (TPSA) is 51.0 Å². The van der Waals surface area contributed by atoms with Crippen LogP contribution >= 0.6 is 0 Å². The Balaban J connectivity index is 1.79. The van der Waals surface area contributed by atoms with Crippen LogP contribution in [0.1, 0.15) is 33.1 Å². The maximum atomic E-state index is 5.26. The normalized spacial score (nSPS) is 26.4. The molecule has 3 rings (SSSR count). The van der Waals surface area contributed by atoms with E-state index in [1.807, 2.05) is 12.1 Å². The molecule has 20 heavy (non-hydrogen) atoms. The smallest absolute Gasteiger partial charge is 0.247 e. The van der Waals surface area contributed by atoms with Gasteiger partial charge in [0.15, 0.2) is 0 Å². The number of anilines is 1. The van der Waals surface area contributed by atoms with Crippen LogP contribution < -0.4 is 5.32 Å². The van der Waals surface area contributed by atoms with Crippen LogP contribution in [0.15, 0.2) is 35.1 Å². The van der Waals surface area contributed by atoms with Gasteiger partial charge in [0.25, 0.3) is 0 Å². The van der Waals surface area contributed by atoms with Crippen molar-refractivity contribution >= 4 is 5.69 Å². The molecule has 0 amide bonds. The van der Waals surface area contributed by atoms with Crippen molar-refractivity contribution < 1.29 is 4.42 Å². The molecule has 1 heterocycles. The van der Waals surface area contributed by atoms with Crippen LogP contribution in [0.5, 0.6) is 0 Å². The Morgan fingerprint density at radius 1 is 1.20 bits per heavy atom. The Hall–Kier alpha value is -1.84. The van der Waals surface area contributed by atoms with Crippen LogP contribution in [-0.4, -0.2) is 16.2 Å². The standard InChI is InChI=1S/C16H21N3O/c1-11-5-3-6-12(2)15(11)18-14-8-4-7-13(9-14)16-19-17-10-20-16/h4,7-12,15,18H,3,5-6H2,1-2H3. The van der Waals surface area contributed by atoms with Gasteiger partial charge < -0.3 is 9.73 Å². The van der Waals surface area contributed by atoms with Crippen molar-refractivity contribution in [3.8, 4) is 11.5 Å². The van der Waals surface area contributed by atoms with Crippen LogP contribution in [-0.2, 0) is 0 Å². The number of benzene rings is 1. The minimum atomic E-state index is 0.543. The van der Waals surface area contributed by atoms with E-state index in [1.165, 1.54) is 25.7 Å². The van der Waals surface area contributed by atoms with Crippen molar-refractivity contribution in [1.29, 1.82) is 0 Å². The van der Waals surface area contributed by atoms with E-state index >= 15 is 0 Å². The Kier molecular flexibility index (Phi) is 3.72. The highest BCUT2D eigenvalue weighted by Gasteiger charge is 2.27. The molecule has 1 aliphatic carbocycles. The predicted octanol–water partition coefficient (Wildman–Crippen LogP) is 3.97. The summed E-state index contributed by atoms with van der Waals surface area (Å²) in [5, 5.41) is 11.4. The Morgan fingerprint density at radius 3 is 2.70 bits per heavy atom. The van der Waals surface area contributed by atoms with Crippen molar-refractivity contribution in [3.05, 3.63) is 30.7 Å². The number of nitrogens with one attached hydrogen (secondary N) is 1. The highest BCUT2D eigenvalue weighted by atomic mass is 16.4. The summed E-state index contributed by atoms with van der Waals surface area (Å²) in [5.74, 6) is 2.00. The molecular formula is C16H21N3O. The van der Waals surface area contributed by atoms with Gasteiger partial charge in [-0.2, -0.15) is 0 Å². The first-order valence-electron chi connectivity index (χ1n) is 7.37. The SMILES string of the molecule is CC1CCCC(C)C1Nc1cccc(-c2nnco2)c1. The van der Waals surface area contributed by atoms with Gasteiger partial charge in [0, 0.05) is 17.3 Å². The van der Waals surface area contributed by atoms with E-state index in [1.54, 1.807) is 0 Å². The fraction of sp³-hybridized carbons (Fsp3) is 0.500. The van der Waals surface area contributed by atoms with Gasteiger partial charge in [0.05, 0.1) is 0 Å². The molecule has 2 aromatic rings. The molecule has 106 valence electrons. The highest BCUT2D eigenvalue weighted by Crippen LogP contribution is 2.32. The molecular weight excluding hydrogens is 250 g/mol. The molecule has 1 aromatic heterocycles. The molecule has 0 aliphatic heterocycles. The molecule has 1 saturated carbocycles. The third-order valence-corrected chi connectivity index (χ3v) is 4.35. The lowest BCUT2D eigenvalue weighted by Gasteiger charge is -2.36. The number of aromatic nitrogens is 2. The zero-order chi connectivity index (χ0) is 13.9. The van der Waals surface area contributed by atoms with E-state index in [-0.39, 0.29) is 0 Å². The Morgan fingerprint density at radius 2 is 2.00 bits per heavy atom. The van der Waals surface area contributed by atoms with Gasteiger partial charge in [-0.1, -0.05) is 26.3 Å². The summed E-state index contributed by atoms with van der Waals surface area (Å²) in [6.45, 7) is 4.68. The van der Waals surface area contributed by atoms with Gasteiger partial charge in [-0.15, -0.1) is 10.2 Å². The number of hydrogen-bond acceptors (Lipinski definition) is 4. The Labute approximate surface area is 119 Å². The van der Waals surface area contributed by atoms with Gasteiger partial charge in [0.1, 0.15) is 0 Å². The minimum Gasteiger partial charge on any atom is -0.423 e. The number of hydrogen-bond donors (Lipinski definition) is 1. The fourth-order valence-corrected chi connectivity index (χ4v) is 3.20. The van der Waals surface area contributed by atoms with E-state index < -0.39 is 0 Å². The van der Waals surface area contributed by atoms with Crippen LogP contribution in [0.25, 0.3) is 11.5 Å². The second kappa shape index (κ2) is 5.65. The fourth-order valence-electron chi connectivity index (χ4n) is 3.20. The summed E-state index contributed by atoms with van der Waals surface area (Å²) in [7, 11) is 0. The maximum Gasteiger partial charge on any atom is 0.247 e. The molecule has 1 aliphatic rings. The third-order valence-electron chi connectivity index (χ3n) is 4.35. The van der Waals surface area contributed by atoms with E-state index in [9.17, 15) is 0 Å². The molecule has 4 nitrogen and oxygen atoms in total. The molecule has 0 radical (unpaired) electrons. The first-order chi connectivity index (χ1) is 9.74. The molecule has 1 fully saturated rings. The second-order valence-corrected chi connectivity index (χ2v) is 5.88. The largest absolute Gasteiger partial charge is 0.423 e. The lowest BCUT2D eigenvalue weighted by Crippen LogP contribution is -2.37. The van der Waals surface area contributed by atoms with Gasteiger partial charge in [-0.3, -0.25) is 0 Å². The van der Waals surface area contributed by atoms with Gasteiger partial charge in [-0.05, 0) is 42.9 Å². The molecule has 4 heteroatoms.